The summed E-state index contributed by atoms with van der Waals surface area (Å²) in [5.41, 5.74) is 2.69. The minimum atomic E-state index is -0.243. The normalized spacial score (nSPS) is 15.3. The first kappa shape index (κ1) is 18.1. The number of nitrogens with one attached hydrogen (secondary N) is 2. The lowest BCUT2D eigenvalue weighted by Crippen LogP contribution is -2.40. The summed E-state index contributed by atoms with van der Waals surface area (Å²) in [6.07, 6.45) is 1.55. The van der Waals surface area contributed by atoms with Gasteiger partial charge in [-0.25, -0.2) is 14.4 Å². The summed E-state index contributed by atoms with van der Waals surface area (Å²) in [5.74, 6) is 0.574. The van der Waals surface area contributed by atoms with Gasteiger partial charge in [0.05, 0.1) is 27.8 Å². The average molecular weight is 409 g/mol. The average Bonchev–Trinajstić information content (AvgIpc) is 3.35. The van der Waals surface area contributed by atoms with E-state index in [4.69, 9.17) is 0 Å². The maximum absolute atomic E-state index is 13.4. The summed E-state index contributed by atoms with van der Waals surface area (Å²) in [7, 11) is 0. The number of piperidine rings is 1. The number of nitrogens with zero attached hydrogens (tertiary/aromatic N) is 3. The summed E-state index contributed by atoms with van der Waals surface area (Å²) in [6, 6.07) is 12.5. The lowest BCUT2D eigenvalue weighted by molar-refractivity contribution is -0.125. The fourth-order valence-corrected chi connectivity index (χ4v) is 4.80. The Hall–Kier alpha value is -3.00. The number of aromatic amines is 1. The van der Waals surface area contributed by atoms with Gasteiger partial charge in [0.1, 0.15) is 11.6 Å². The number of carbonyl (C=O) groups excluding carboxylic acids is 1. The second-order valence-electron chi connectivity index (χ2n) is 7.29. The number of fused-ring (bicyclic) bond motifs is 2. The van der Waals surface area contributed by atoms with Crippen molar-refractivity contribution >= 4 is 43.6 Å². The summed E-state index contributed by atoms with van der Waals surface area (Å²) in [4.78, 5) is 27.1. The predicted molar refractivity (Wildman–Crippen MR) is 112 cm³/mol. The Kier molecular flexibility index (Phi) is 4.63. The van der Waals surface area contributed by atoms with Crippen LogP contribution in [0.1, 0.15) is 18.7 Å². The summed E-state index contributed by atoms with van der Waals surface area (Å²) in [5, 5.41) is 3.90. The zero-order valence-corrected chi connectivity index (χ0v) is 16.5. The molecule has 3 heterocycles. The van der Waals surface area contributed by atoms with Crippen molar-refractivity contribution in [3.63, 3.8) is 0 Å². The molecule has 1 saturated heterocycles. The number of halogens is 1. The monoisotopic (exact) mass is 409 g/mol. The lowest BCUT2D eigenvalue weighted by atomic mass is 9.96. The molecule has 2 aromatic heterocycles. The molecule has 1 aliphatic rings. The number of benzene rings is 2. The van der Waals surface area contributed by atoms with Gasteiger partial charge in [0.15, 0.2) is 5.13 Å². The van der Waals surface area contributed by atoms with Gasteiger partial charge in [-0.2, -0.15) is 0 Å². The van der Waals surface area contributed by atoms with Crippen LogP contribution in [0.15, 0.2) is 42.5 Å². The number of para-hydroxylation sites is 2. The Morgan fingerprint density at radius 1 is 1.17 bits per heavy atom. The third-order valence-electron chi connectivity index (χ3n) is 5.34. The molecule has 1 fully saturated rings. The highest BCUT2D eigenvalue weighted by Gasteiger charge is 2.26. The summed E-state index contributed by atoms with van der Waals surface area (Å²) in [6.45, 7) is 1.94. The molecule has 6 nitrogen and oxygen atoms in total. The van der Waals surface area contributed by atoms with E-state index in [1.807, 2.05) is 24.3 Å². The molecule has 5 rings (SSSR count). The van der Waals surface area contributed by atoms with E-state index in [1.165, 1.54) is 23.5 Å². The quantitative estimate of drug-likeness (QED) is 0.537. The van der Waals surface area contributed by atoms with Crippen molar-refractivity contribution in [1.29, 1.82) is 0 Å². The topological polar surface area (TPSA) is 73.9 Å². The van der Waals surface area contributed by atoms with E-state index >= 15 is 0 Å². The zero-order chi connectivity index (χ0) is 19.8. The van der Waals surface area contributed by atoms with Gasteiger partial charge in [0, 0.05) is 19.0 Å². The van der Waals surface area contributed by atoms with Gasteiger partial charge in [-0.15, -0.1) is 0 Å². The molecule has 4 aromatic rings. The smallest absolute Gasteiger partial charge is 0.223 e. The maximum Gasteiger partial charge on any atom is 0.223 e. The second-order valence-corrected chi connectivity index (χ2v) is 8.30. The van der Waals surface area contributed by atoms with Crippen LogP contribution < -0.4 is 10.2 Å². The van der Waals surface area contributed by atoms with E-state index in [2.05, 4.69) is 25.2 Å². The van der Waals surface area contributed by atoms with Crippen LogP contribution in [0.5, 0.6) is 0 Å². The summed E-state index contributed by atoms with van der Waals surface area (Å²) >= 11 is 1.50. The Morgan fingerprint density at radius 3 is 2.83 bits per heavy atom. The molecule has 0 spiro atoms. The van der Waals surface area contributed by atoms with Gasteiger partial charge < -0.3 is 15.2 Å². The first-order valence-electron chi connectivity index (χ1n) is 9.68. The lowest BCUT2D eigenvalue weighted by Gasteiger charge is -2.30. The molecule has 0 bridgehead atoms. The van der Waals surface area contributed by atoms with Crippen molar-refractivity contribution in [2.45, 2.75) is 19.4 Å². The van der Waals surface area contributed by atoms with Crippen LogP contribution in [0.2, 0.25) is 0 Å². The van der Waals surface area contributed by atoms with E-state index in [9.17, 15) is 9.18 Å². The number of H-pyrrole nitrogens is 1. The van der Waals surface area contributed by atoms with E-state index in [1.54, 1.807) is 6.07 Å². The highest BCUT2D eigenvalue weighted by atomic mass is 32.1. The molecule has 0 saturated carbocycles. The second kappa shape index (κ2) is 7.44. The molecule has 148 valence electrons. The molecule has 0 aliphatic carbocycles. The molecule has 29 heavy (non-hydrogen) atoms. The molecule has 0 radical (unpaired) electrons. The molecule has 1 amide bonds. The predicted octanol–water partition coefficient (Wildman–Crippen LogP) is 3.84. The SMILES string of the molecule is O=C(NCc1nc2ccccc2[nH]1)C1CCN(c2nc3ccc(F)cc3s2)CC1. The van der Waals surface area contributed by atoms with Crippen molar-refractivity contribution in [3.05, 3.63) is 54.1 Å². The number of hydrogen-bond donors (Lipinski definition) is 2. The van der Waals surface area contributed by atoms with Gasteiger partial charge >= 0.3 is 0 Å². The van der Waals surface area contributed by atoms with Gasteiger partial charge in [-0.3, -0.25) is 4.79 Å². The number of hydrogen-bond acceptors (Lipinski definition) is 5. The number of aromatic nitrogens is 3. The van der Waals surface area contributed by atoms with Crippen LogP contribution in [-0.2, 0) is 11.3 Å². The fraction of sp³-hybridized carbons (Fsp3) is 0.286. The first-order valence-corrected chi connectivity index (χ1v) is 10.5. The maximum atomic E-state index is 13.4. The first-order chi connectivity index (χ1) is 14.2. The van der Waals surface area contributed by atoms with Crippen molar-refractivity contribution in [2.24, 2.45) is 5.92 Å². The van der Waals surface area contributed by atoms with E-state index in [-0.39, 0.29) is 17.6 Å². The van der Waals surface area contributed by atoms with Crippen LogP contribution in [0.25, 0.3) is 21.3 Å². The number of amides is 1. The fourth-order valence-electron chi connectivity index (χ4n) is 3.76. The van der Waals surface area contributed by atoms with Crippen LogP contribution in [-0.4, -0.2) is 33.9 Å². The van der Waals surface area contributed by atoms with Crippen molar-refractivity contribution in [2.75, 3.05) is 18.0 Å². The molecule has 0 atom stereocenters. The number of rotatable bonds is 4. The Morgan fingerprint density at radius 2 is 2.00 bits per heavy atom. The Balaban J connectivity index is 1.17. The van der Waals surface area contributed by atoms with Crippen LogP contribution in [0.4, 0.5) is 9.52 Å². The van der Waals surface area contributed by atoms with Crippen molar-refractivity contribution in [3.8, 4) is 0 Å². The number of thiazole rings is 1. The summed E-state index contributed by atoms with van der Waals surface area (Å²) < 4.78 is 14.3. The van der Waals surface area contributed by atoms with Gasteiger partial charge in [0.25, 0.3) is 0 Å². The van der Waals surface area contributed by atoms with Gasteiger partial charge in [-0.1, -0.05) is 23.5 Å². The molecular formula is C21H20FN5OS. The minimum absolute atomic E-state index is 0.0116. The molecular weight excluding hydrogens is 389 g/mol. The highest BCUT2D eigenvalue weighted by molar-refractivity contribution is 7.22. The molecule has 2 N–H and O–H groups in total. The highest BCUT2D eigenvalue weighted by Crippen LogP contribution is 2.32. The third kappa shape index (κ3) is 3.67. The van der Waals surface area contributed by atoms with Crippen molar-refractivity contribution < 1.29 is 9.18 Å². The molecule has 8 heteroatoms. The van der Waals surface area contributed by atoms with E-state index < -0.39 is 0 Å². The number of anilines is 1. The van der Waals surface area contributed by atoms with Gasteiger partial charge in [0.2, 0.25) is 5.91 Å². The number of imidazole rings is 1. The Labute approximate surface area is 170 Å². The standard InChI is InChI=1S/C21H20FN5OS/c22-14-5-6-17-18(11-14)29-21(26-17)27-9-7-13(8-10-27)20(28)23-12-19-24-15-3-1-2-4-16(15)25-19/h1-6,11,13H,7-10,12H2,(H,23,28)(H,24,25). The van der Waals surface area contributed by atoms with Crippen LogP contribution in [0.3, 0.4) is 0 Å². The number of carbonyl (C=O) groups is 1. The molecule has 0 unspecified atom stereocenters. The van der Waals surface area contributed by atoms with Crippen molar-refractivity contribution in [1.82, 2.24) is 20.3 Å². The minimum Gasteiger partial charge on any atom is -0.349 e. The molecule has 2 aromatic carbocycles. The third-order valence-corrected chi connectivity index (χ3v) is 6.42. The van der Waals surface area contributed by atoms with E-state index in [0.717, 1.165) is 58.1 Å². The zero-order valence-electron chi connectivity index (χ0n) is 15.7. The Bertz CT molecular complexity index is 1150. The van der Waals surface area contributed by atoms with Crippen LogP contribution in [0, 0.1) is 11.7 Å². The largest absolute Gasteiger partial charge is 0.349 e. The van der Waals surface area contributed by atoms with E-state index in [0.29, 0.717) is 6.54 Å². The van der Waals surface area contributed by atoms with Gasteiger partial charge in [-0.05, 0) is 43.2 Å². The molecule has 1 aliphatic heterocycles. The van der Waals surface area contributed by atoms with Crippen LogP contribution >= 0.6 is 11.3 Å².